The SMILES string of the molecule is Nc1cc2ccc1-c1ccnc(n1)Nc1ccc(OC3CC3)c(c1)COc1ccc(cc1F)NC2=O. The smallest absolute Gasteiger partial charge is 0.255 e. The first-order valence-electron chi connectivity index (χ1n) is 11.5. The second-order valence-corrected chi connectivity index (χ2v) is 8.72. The first-order valence-corrected chi connectivity index (χ1v) is 11.5. The first kappa shape index (κ1) is 21.8. The molecule has 0 unspecified atom stereocenters. The fourth-order valence-corrected chi connectivity index (χ4v) is 3.94. The minimum absolute atomic E-state index is 0.0614. The molecule has 0 spiro atoms. The summed E-state index contributed by atoms with van der Waals surface area (Å²) in [5, 5.41) is 5.90. The van der Waals surface area contributed by atoms with Crippen molar-refractivity contribution < 1.29 is 18.7 Å². The topological polar surface area (TPSA) is 111 Å². The van der Waals surface area contributed by atoms with Gasteiger partial charge in [0.2, 0.25) is 5.95 Å². The summed E-state index contributed by atoms with van der Waals surface area (Å²) in [6, 6.07) is 16.6. The number of rotatable bonds is 2. The molecule has 0 radical (unpaired) electrons. The zero-order valence-electron chi connectivity index (χ0n) is 19.1. The molecule has 5 aliphatic rings. The highest BCUT2D eigenvalue weighted by Crippen LogP contribution is 2.33. The van der Waals surface area contributed by atoms with Gasteiger partial charge in [-0.3, -0.25) is 4.79 Å². The summed E-state index contributed by atoms with van der Waals surface area (Å²) in [5.74, 6) is 0.105. The van der Waals surface area contributed by atoms with Gasteiger partial charge in [0.15, 0.2) is 11.6 Å². The van der Waals surface area contributed by atoms with E-state index < -0.39 is 11.7 Å². The number of aromatic nitrogens is 2. The Morgan fingerprint density at radius 2 is 1.83 bits per heavy atom. The van der Waals surface area contributed by atoms with Crippen molar-refractivity contribution in [2.24, 2.45) is 0 Å². The molecule has 1 fully saturated rings. The third-order valence-electron chi connectivity index (χ3n) is 5.95. The number of nitrogens with two attached hydrogens (primary N) is 1. The molecule has 1 aliphatic carbocycles. The quantitative estimate of drug-likeness (QED) is 0.332. The van der Waals surface area contributed by atoms with Crippen LogP contribution in [-0.2, 0) is 6.61 Å². The summed E-state index contributed by atoms with van der Waals surface area (Å²) >= 11 is 0. The maximum Gasteiger partial charge on any atom is 0.255 e. The Morgan fingerprint density at radius 1 is 1.00 bits per heavy atom. The van der Waals surface area contributed by atoms with Crippen LogP contribution in [0.25, 0.3) is 11.3 Å². The molecular formula is C27H22FN5O3. The van der Waals surface area contributed by atoms with Gasteiger partial charge in [-0.05, 0) is 67.4 Å². The fourth-order valence-electron chi connectivity index (χ4n) is 3.94. The molecule has 9 rings (SSSR count). The van der Waals surface area contributed by atoms with Crippen molar-refractivity contribution in [2.45, 2.75) is 25.6 Å². The lowest BCUT2D eigenvalue weighted by Gasteiger charge is -2.15. The van der Waals surface area contributed by atoms with Gasteiger partial charge in [-0.15, -0.1) is 0 Å². The predicted octanol–water partition coefficient (Wildman–Crippen LogP) is 5.29. The molecule has 1 saturated carbocycles. The van der Waals surface area contributed by atoms with Gasteiger partial charge in [0.25, 0.3) is 5.91 Å². The number of hydrogen-bond donors (Lipinski definition) is 3. The molecule has 1 amide bonds. The lowest BCUT2D eigenvalue weighted by molar-refractivity contribution is 0.102. The molecule has 9 heteroatoms. The van der Waals surface area contributed by atoms with Crippen LogP contribution in [0.4, 0.5) is 27.4 Å². The van der Waals surface area contributed by atoms with Crippen LogP contribution in [0, 0.1) is 5.82 Å². The number of nitrogens with one attached hydrogen (secondary N) is 2. The second kappa shape index (κ2) is 8.84. The second-order valence-electron chi connectivity index (χ2n) is 8.72. The van der Waals surface area contributed by atoms with E-state index in [1.807, 2.05) is 18.2 Å². The van der Waals surface area contributed by atoms with Gasteiger partial charge < -0.3 is 25.8 Å². The van der Waals surface area contributed by atoms with Crippen molar-refractivity contribution in [3.05, 3.63) is 83.8 Å². The summed E-state index contributed by atoms with van der Waals surface area (Å²) in [6.45, 7) is 0.0846. The Kier molecular flexibility index (Phi) is 5.37. The van der Waals surface area contributed by atoms with Crippen LogP contribution in [-0.4, -0.2) is 22.0 Å². The van der Waals surface area contributed by atoms with Crippen molar-refractivity contribution in [1.29, 1.82) is 0 Å². The zero-order valence-corrected chi connectivity index (χ0v) is 19.1. The Bertz CT molecular complexity index is 1490. The number of carbonyl (C=O) groups excluding carboxylic acids is 1. The molecule has 36 heavy (non-hydrogen) atoms. The lowest BCUT2D eigenvalue weighted by atomic mass is 10.1. The molecule has 4 N–H and O–H groups in total. The number of nitrogen functional groups attached to an aromatic ring is 1. The van der Waals surface area contributed by atoms with E-state index in [1.165, 1.54) is 12.1 Å². The van der Waals surface area contributed by atoms with E-state index in [0.29, 0.717) is 39.9 Å². The number of ether oxygens (including phenoxy) is 2. The summed E-state index contributed by atoms with van der Waals surface area (Å²) in [5.41, 5.74) is 10.0. The molecular weight excluding hydrogens is 461 g/mol. The molecule has 0 atom stereocenters. The van der Waals surface area contributed by atoms with Gasteiger partial charge in [-0.1, -0.05) is 0 Å². The average Bonchev–Trinajstić information content (AvgIpc) is 3.68. The molecule has 4 aromatic rings. The van der Waals surface area contributed by atoms with Crippen molar-refractivity contribution >= 4 is 28.9 Å². The molecule has 8 bridgehead atoms. The largest absolute Gasteiger partial charge is 0.490 e. The fraction of sp³-hybridized carbons (Fsp3) is 0.148. The number of anilines is 4. The third-order valence-corrected chi connectivity index (χ3v) is 5.95. The van der Waals surface area contributed by atoms with Gasteiger partial charge in [-0.2, -0.15) is 0 Å². The van der Waals surface area contributed by atoms with E-state index in [9.17, 15) is 9.18 Å². The van der Waals surface area contributed by atoms with Gasteiger partial charge in [0.05, 0.1) is 11.8 Å². The minimum atomic E-state index is -0.594. The molecule has 5 heterocycles. The monoisotopic (exact) mass is 483 g/mol. The Labute approximate surface area is 206 Å². The Balaban J connectivity index is 1.43. The molecule has 180 valence electrons. The molecule has 8 nitrogen and oxygen atoms in total. The standard InChI is InChI=1S/C27H22FN5O3/c28-21-13-18-3-8-25(21)35-14-16-11-17(2-7-24(16)36-19-4-5-19)32-27-30-10-9-23(33-27)20-6-1-15(12-22(20)29)26(34)31-18/h1-3,6-13,19H,4-5,14,29H2,(H,31,34)(H,30,32,33). The normalized spacial score (nSPS) is 14.6. The van der Waals surface area contributed by atoms with E-state index in [0.717, 1.165) is 24.1 Å². The molecule has 0 saturated heterocycles. The molecule has 1 aromatic heterocycles. The number of halogens is 1. The van der Waals surface area contributed by atoms with Gasteiger partial charge in [0, 0.05) is 46.0 Å². The van der Waals surface area contributed by atoms with Crippen molar-refractivity contribution in [1.82, 2.24) is 9.97 Å². The van der Waals surface area contributed by atoms with Crippen molar-refractivity contribution in [3.8, 4) is 22.8 Å². The van der Waals surface area contributed by atoms with Gasteiger partial charge >= 0.3 is 0 Å². The highest BCUT2D eigenvalue weighted by Gasteiger charge is 2.25. The predicted molar refractivity (Wildman–Crippen MR) is 134 cm³/mol. The lowest BCUT2D eigenvalue weighted by Crippen LogP contribution is -2.12. The maximum absolute atomic E-state index is 14.8. The number of hydrogen-bond acceptors (Lipinski definition) is 7. The van der Waals surface area contributed by atoms with Crippen LogP contribution < -0.4 is 25.8 Å². The molecule has 4 aliphatic heterocycles. The van der Waals surface area contributed by atoms with Crippen LogP contribution >= 0.6 is 0 Å². The number of benzene rings is 3. The van der Waals surface area contributed by atoms with Crippen LogP contribution in [0.15, 0.2) is 66.9 Å². The Morgan fingerprint density at radius 3 is 2.64 bits per heavy atom. The van der Waals surface area contributed by atoms with Crippen molar-refractivity contribution in [3.63, 3.8) is 0 Å². The highest BCUT2D eigenvalue weighted by molar-refractivity contribution is 6.05. The molecule has 3 aromatic carbocycles. The van der Waals surface area contributed by atoms with Gasteiger partial charge in [0.1, 0.15) is 12.4 Å². The zero-order chi connectivity index (χ0) is 24.6. The summed E-state index contributed by atoms with van der Waals surface area (Å²) < 4.78 is 26.7. The summed E-state index contributed by atoms with van der Waals surface area (Å²) in [6.07, 6.45) is 3.83. The van der Waals surface area contributed by atoms with Crippen LogP contribution in [0.3, 0.4) is 0 Å². The van der Waals surface area contributed by atoms with Crippen molar-refractivity contribution in [2.75, 3.05) is 16.4 Å². The van der Waals surface area contributed by atoms with E-state index in [-0.39, 0.29) is 18.5 Å². The number of amides is 1. The van der Waals surface area contributed by atoms with E-state index in [4.69, 9.17) is 15.2 Å². The first-order chi connectivity index (χ1) is 17.5. The van der Waals surface area contributed by atoms with E-state index in [1.54, 1.807) is 36.5 Å². The van der Waals surface area contributed by atoms with Crippen LogP contribution in [0.2, 0.25) is 0 Å². The minimum Gasteiger partial charge on any atom is -0.490 e. The van der Waals surface area contributed by atoms with Crippen LogP contribution in [0.5, 0.6) is 11.5 Å². The van der Waals surface area contributed by atoms with E-state index in [2.05, 4.69) is 20.6 Å². The maximum atomic E-state index is 14.8. The van der Waals surface area contributed by atoms with E-state index >= 15 is 0 Å². The number of nitrogens with zero attached hydrogens (tertiary/aromatic N) is 2. The Hall–Kier alpha value is -4.66. The number of carbonyl (C=O) groups is 1. The highest BCUT2D eigenvalue weighted by atomic mass is 19.1. The van der Waals surface area contributed by atoms with Gasteiger partial charge in [-0.25, -0.2) is 14.4 Å². The summed E-state index contributed by atoms with van der Waals surface area (Å²) in [7, 11) is 0. The average molecular weight is 484 g/mol. The van der Waals surface area contributed by atoms with Crippen LogP contribution in [0.1, 0.15) is 28.8 Å². The third kappa shape index (κ3) is 4.50. The summed E-state index contributed by atoms with van der Waals surface area (Å²) in [4.78, 5) is 21.7.